The number of nitrogens with one attached hydrogen (secondary N) is 1. The van der Waals surface area contributed by atoms with E-state index >= 15 is 0 Å². The van der Waals surface area contributed by atoms with E-state index in [0.29, 0.717) is 11.5 Å². The van der Waals surface area contributed by atoms with Crippen molar-refractivity contribution in [3.8, 4) is 0 Å². The van der Waals surface area contributed by atoms with Crippen LogP contribution in [0.1, 0.15) is 5.69 Å². The molecule has 1 aromatic rings. The maximum absolute atomic E-state index is 10.5. The maximum atomic E-state index is 10.5. The van der Waals surface area contributed by atoms with Crippen LogP contribution in [0.5, 0.6) is 0 Å². The molecular formula is C8H13N5O2. The van der Waals surface area contributed by atoms with E-state index in [0.717, 1.165) is 0 Å². The van der Waals surface area contributed by atoms with Crippen molar-refractivity contribution < 1.29 is 9.90 Å². The van der Waals surface area contributed by atoms with Gasteiger partial charge in [0.05, 0.1) is 6.54 Å². The monoisotopic (exact) mass is 211 g/mol. The molecule has 1 atom stereocenters. The van der Waals surface area contributed by atoms with Crippen molar-refractivity contribution in [1.29, 1.82) is 0 Å². The zero-order chi connectivity index (χ0) is 11.4. The molecule has 7 nitrogen and oxygen atoms in total. The van der Waals surface area contributed by atoms with Gasteiger partial charge in [-0.3, -0.25) is 4.79 Å². The zero-order valence-electron chi connectivity index (χ0n) is 8.27. The Hall–Kier alpha value is -1.89. The molecule has 0 aliphatic heterocycles. The zero-order valence-corrected chi connectivity index (χ0v) is 8.27. The lowest BCUT2D eigenvalue weighted by molar-refractivity contribution is -0.125. The highest BCUT2D eigenvalue weighted by Crippen LogP contribution is 2.06. The van der Waals surface area contributed by atoms with Crippen LogP contribution in [0.3, 0.4) is 0 Å². The van der Waals surface area contributed by atoms with Gasteiger partial charge in [0.15, 0.2) is 0 Å². The third-order valence-corrected chi connectivity index (χ3v) is 1.68. The van der Waals surface area contributed by atoms with E-state index in [1.54, 1.807) is 13.0 Å². The largest absolute Gasteiger partial charge is 0.381 e. The molecule has 0 saturated carbocycles. The smallest absolute Gasteiger partial charge is 0.248 e. The number of nitrogens with zero attached hydrogens (tertiary/aromatic N) is 2. The third-order valence-electron chi connectivity index (χ3n) is 1.68. The second-order valence-corrected chi connectivity index (χ2v) is 3.05. The number of aliphatic hydroxyl groups excluding tert-OH is 1. The minimum Gasteiger partial charge on any atom is -0.381 e. The number of rotatable bonds is 4. The Bertz CT molecular complexity index is 348. The molecule has 0 aliphatic carbocycles. The van der Waals surface area contributed by atoms with Crippen molar-refractivity contribution in [2.45, 2.75) is 13.0 Å². The summed E-state index contributed by atoms with van der Waals surface area (Å²) in [6.45, 7) is 1.75. The number of carbonyl (C=O) groups is 1. The minimum atomic E-state index is -1.25. The molecular weight excluding hydrogens is 198 g/mol. The molecule has 15 heavy (non-hydrogen) atoms. The van der Waals surface area contributed by atoms with E-state index in [2.05, 4.69) is 15.3 Å². The molecule has 0 saturated heterocycles. The maximum Gasteiger partial charge on any atom is 0.248 e. The summed E-state index contributed by atoms with van der Waals surface area (Å²) >= 11 is 0. The van der Waals surface area contributed by atoms with Gasteiger partial charge in [0.25, 0.3) is 0 Å². The van der Waals surface area contributed by atoms with Gasteiger partial charge in [0, 0.05) is 11.8 Å². The Labute approximate surface area is 86.5 Å². The fourth-order valence-electron chi connectivity index (χ4n) is 0.984. The molecule has 82 valence electrons. The Morgan fingerprint density at radius 1 is 1.67 bits per heavy atom. The first-order valence-corrected chi connectivity index (χ1v) is 4.31. The van der Waals surface area contributed by atoms with Gasteiger partial charge in [0.1, 0.15) is 11.9 Å². The predicted molar refractivity (Wildman–Crippen MR) is 54.9 cm³/mol. The van der Waals surface area contributed by atoms with Gasteiger partial charge in [-0.1, -0.05) is 0 Å². The summed E-state index contributed by atoms with van der Waals surface area (Å²) in [5, 5.41) is 11.8. The van der Waals surface area contributed by atoms with Crippen LogP contribution in [0.25, 0.3) is 0 Å². The summed E-state index contributed by atoms with van der Waals surface area (Å²) in [7, 11) is 0. The number of amides is 1. The number of aliphatic hydroxyl groups is 1. The van der Waals surface area contributed by atoms with Crippen molar-refractivity contribution in [2.24, 2.45) is 5.73 Å². The molecule has 1 amide bonds. The van der Waals surface area contributed by atoms with E-state index in [1.807, 2.05) is 0 Å². The van der Waals surface area contributed by atoms with Crippen LogP contribution in [0.4, 0.5) is 11.8 Å². The number of aryl methyl sites for hydroxylation is 1. The first kappa shape index (κ1) is 11.2. The van der Waals surface area contributed by atoms with Crippen molar-refractivity contribution in [3.05, 3.63) is 11.8 Å². The van der Waals surface area contributed by atoms with Gasteiger partial charge in [-0.15, -0.1) is 0 Å². The third kappa shape index (κ3) is 3.39. The summed E-state index contributed by atoms with van der Waals surface area (Å²) in [6, 6.07) is 1.64. The lowest BCUT2D eigenvalue weighted by Gasteiger charge is -2.09. The van der Waals surface area contributed by atoms with Gasteiger partial charge in [0.2, 0.25) is 11.9 Å². The Morgan fingerprint density at radius 2 is 2.33 bits per heavy atom. The predicted octanol–water partition coefficient (Wildman–Crippen LogP) is -1.37. The fraction of sp³-hybridized carbons (Fsp3) is 0.375. The fourth-order valence-corrected chi connectivity index (χ4v) is 0.984. The number of aromatic nitrogens is 2. The van der Waals surface area contributed by atoms with E-state index < -0.39 is 12.0 Å². The number of hydrogen-bond donors (Lipinski definition) is 4. The Morgan fingerprint density at radius 3 is 2.87 bits per heavy atom. The lowest BCUT2D eigenvalue weighted by Crippen LogP contribution is -2.34. The molecule has 1 rings (SSSR count). The number of primary amides is 1. The first-order chi connectivity index (χ1) is 6.99. The van der Waals surface area contributed by atoms with E-state index in [-0.39, 0.29) is 12.5 Å². The Kier molecular flexibility index (Phi) is 3.40. The minimum absolute atomic E-state index is 0.00870. The highest BCUT2D eigenvalue weighted by atomic mass is 16.3. The van der Waals surface area contributed by atoms with Crippen molar-refractivity contribution in [3.63, 3.8) is 0 Å². The van der Waals surface area contributed by atoms with Gasteiger partial charge >= 0.3 is 0 Å². The van der Waals surface area contributed by atoms with Crippen molar-refractivity contribution in [2.75, 3.05) is 17.6 Å². The molecule has 0 aliphatic rings. The van der Waals surface area contributed by atoms with E-state index in [4.69, 9.17) is 16.6 Å². The number of anilines is 2. The molecule has 1 unspecified atom stereocenters. The first-order valence-electron chi connectivity index (χ1n) is 4.31. The Balaban J connectivity index is 2.61. The number of nitrogens with two attached hydrogens (primary N) is 2. The number of hydrogen-bond acceptors (Lipinski definition) is 6. The van der Waals surface area contributed by atoms with Gasteiger partial charge in [-0.25, -0.2) is 4.98 Å². The quantitative estimate of drug-likeness (QED) is 0.486. The average Bonchev–Trinajstić information content (AvgIpc) is 2.12. The molecule has 0 fully saturated rings. The molecule has 1 aromatic heterocycles. The van der Waals surface area contributed by atoms with Crippen molar-refractivity contribution >= 4 is 17.7 Å². The summed E-state index contributed by atoms with van der Waals surface area (Å²) in [5.74, 6) is -0.215. The summed E-state index contributed by atoms with van der Waals surface area (Å²) in [5.41, 5.74) is 11.0. The number of nitrogen functional groups attached to an aromatic ring is 1. The molecule has 1 heterocycles. The topological polar surface area (TPSA) is 127 Å². The highest BCUT2D eigenvalue weighted by Gasteiger charge is 2.10. The summed E-state index contributed by atoms with van der Waals surface area (Å²) in [4.78, 5) is 18.3. The second-order valence-electron chi connectivity index (χ2n) is 3.05. The van der Waals surface area contributed by atoms with Gasteiger partial charge < -0.3 is 21.9 Å². The lowest BCUT2D eigenvalue weighted by atomic mass is 10.3. The molecule has 7 heteroatoms. The normalized spacial score (nSPS) is 12.1. The van der Waals surface area contributed by atoms with Crippen LogP contribution in [0.2, 0.25) is 0 Å². The van der Waals surface area contributed by atoms with Crippen LogP contribution >= 0.6 is 0 Å². The molecule has 0 aromatic carbocycles. The molecule has 0 bridgehead atoms. The SMILES string of the molecule is Cc1cc(NCC(O)C(N)=O)nc(N)n1. The molecule has 0 radical (unpaired) electrons. The second kappa shape index (κ2) is 4.56. The van der Waals surface area contributed by atoms with E-state index in [1.165, 1.54) is 0 Å². The number of carbonyl (C=O) groups excluding carboxylic acids is 1. The standard InChI is InChI=1S/C8H13N5O2/c1-4-2-6(13-8(10)12-4)11-3-5(14)7(9)15/h2,5,14H,3H2,1H3,(H2,9,15)(H3,10,11,12,13). The van der Waals surface area contributed by atoms with Crippen LogP contribution < -0.4 is 16.8 Å². The van der Waals surface area contributed by atoms with E-state index in [9.17, 15) is 4.79 Å². The summed E-state index contributed by atoms with van der Waals surface area (Å²) in [6.07, 6.45) is -1.25. The van der Waals surface area contributed by atoms with Crippen molar-refractivity contribution in [1.82, 2.24) is 9.97 Å². The highest BCUT2D eigenvalue weighted by molar-refractivity contribution is 5.79. The van der Waals surface area contributed by atoms with Gasteiger partial charge in [-0.2, -0.15) is 4.98 Å². The summed E-state index contributed by atoms with van der Waals surface area (Å²) < 4.78 is 0. The van der Waals surface area contributed by atoms with Crippen LogP contribution in [-0.2, 0) is 4.79 Å². The van der Waals surface area contributed by atoms with Gasteiger partial charge in [-0.05, 0) is 6.92 Å². The molecule has 0 spiro atoms. The average molecular weight is 211 g/mol. The van der Waals surface area contributed by atoms with Crippen LogP contribution in [0, 0.1) is 6.92 Å². The molecule has 6 N–H and O–H groups in total. The van der Waals surface area contributed by atoms with Crippen LogP contribution in [-0.4, -0.2) is 33.6 Å². The van der Waals surface area contributed by atoms with Crippen LogP contribution in [0.15, 0.2) is 6.07 Å².